The van der Waals surface area contributed by atoms with E-state index < -0.39 is 29.4 Å². The van der Waals surface area contributed by atoms with Gasteiger partial charge in [0.05, 0.1) is 23.8 Å². The Hall–Kier alpha value is -3.49. The van der Waals surface area contributed by atoms with Crippen molar-refractivity contribution in [3.8, 4) is 5.75 Å². The number of rotatable bonds is 5. The van der Waals surface area contributed by atoms with Crippen LogP contribution in [0.25, 0.3) is 0 Å². The monoisotopic (exact) mass is 475 g/mol. The zero-order chi connectivity index (χ0) is 24.7. The number of nitrogens with zero attached hydrogens (tertiary/aromatic N) is 2. The van der Waals surface area contributed by atoms with Gasteiger partial charge in [0.2, 0.25) is 5.91 Å². The Morgan fingerprint density at radius 3 is 2.54 bits per heavy atom. The third kappa shape index (κ3) is 4.24. The molecule has 2 aromatic carbocycles. The Morgan fingerprint density at radius 1 is 1.09 bits per heavy atom. The van der Waals surface area contributed by atoms with Gasteiger partial charge in [-0.25, -0.2) is 0 Å². The standard InChI is InChI=1S/C27H29N3O5/c1-17-6-9-23(24(31)28-17)30-25(32)21-8-7-19(15-22(21)26(30)33)27(34)10-12-29(13-11-27)16-18-4-3-5-20(14-18)35-2/h3-5,7-8,14-15,23,34H,1,6,9-13,16H2,2H3,(H,28,31). The van der Waals surface area contributed by atoms with E-state index in [2.05, 4.69) is 22.9 Å². The lowest BCUT2D eigenvalue weighted by Gasteiger charge is -2.38. The van der Waals surface area contributed by atoms with Gasteiger partial charge in [0.15, 0.2) is 0 Å². The summed E-state index contributed by atoms with van der Waals surface area (Å²) in [6.45, 7) is 5.89. The minimum Gasteiger partial charge on any atom is -0.497 e. The lowest BCUT2D eigenvalue weighted by atomic mass is 9.83. The van der Waals surface area contributed by atoms with Crippen LogP contribution >= 0.6 is 0 Å². The topological polar surface area (TPSA) is 99.2 Å². The first-order chi connectivity index (χ1) is 16.8. The number of fused-ring (bicyclic) bond motifs is 1. The van der Waals surface area contributed by atoms with Gasteiger partial charge in [-0.1, -0.05) is 24.8 Å². The lowest BCUT2D eigenvalue weighted by molar-refractivity contribution is -0.125. The van der Waals surface area contributed by atoms with Crippen molar-refractivity contribution in [3.63, 3.8) is 0 Å². The number of methoxy groups -OCH3 is 1. The molecule has 8 nitrogen and oxygen atoms in total. The summed E-state index contributed by atoms with van der Waals surface area (Å²) in [4.78, 5) is 41.9. The maximum absolute atomic E-state index is 13.2. The molecule has 3 amide bonds. The summed E-state index contributed by atoms with van der Waals surface area (Å²) < 4.78 is 5.31. The van der Waals surface area contributed by atoms with E-state index in [4.69, 9.17) is 4.74 Å². The van der Waals surface area contributed by atoms with Crippen molar-refractivity contribution in [3.05, 3.63) is 77.0 Å². The summed E-state index contributed by atoms with van der Waals surface area (Å²) in [5.41, 5.74) is 1.79. The fourth-order valence-corrected chi connectivity index (χ4v) is 5.24. The maximum atomic E-state index is 13.2. The molecule has 3 heterocycles. The van der Waals surface area contributed by atoms with Crippen LogP contribution in [0.4, 0.5) is 0 Å². The van der Waals surface area contributed by atoms with Crippen LogP contribution in [0.15, 0.2) is 54.7 Å². The number of carbonyl (C=O) groups is 3. The molecule has 0 aromatic heterocycles. The molecule has 3 aliphatic heterocycles. The molecule has 0 radical (unpaired) electrons. The highest BCUT2D eigenvalue weighted by molar-refractivity contribution is 6.23. The Labute approximate surface area is 204 Å². The molecule has 2 fully saturated rings. The SMILES string of the molecule is C=C1CCC(N2C(=O)c3ccc(C4(O)CCN(Cc5cccc(OC)c5)CC4)cc3C2=O)C(=O)N1. The molecule has 2 aromatic rings. The van der Waals surface area contributed by atoms with Crippen LogP contribution in [0.2, 0.25) is 0 Å². The number of hydrogen-bond acceptors (Lipinski definition) is 6. The fourth-order valence-electron chi connectivity index (χ4n) is 5.24. The predicted octanol–water partition coefficient (Wildman–Crippen LogP) is 2.57. The normalized spacial score (nSPS) is 22.2. The molecule has 0 aliphatic carbocycles. The Kier molecular flexibility index (Phi) is 5.94. The van der Waals surface area contributed by atoms with Crippen LogP contribution in [0, 0.1) is 0 Å². The van der Waals surface area contributed by atoms with Crippen LogP contribution in [0.5, 0.6) is 5.75 Å². The van der Waals surface area contributed by atoms with Crippen molar-refractivity contribution in [2.75, 3.05) is 20.2 Å². The van der Waals surface area contributed by atoms with E-state index in [1.807, 2.05) is 18.2 Å². The van der Waals surface area contributed by atoms with Crippen molar-refractivity contribution in [1.29, 1.82) is 0 Å². The van der Waals surface area contributed by atoms with Gasteiger partial charge in [-0.15, -0.1) is 0 Å². The largest absolute Gasteiger partial charge is 0.497 e. The number of benzene rings is 2. The highest BCUT2D eigenvalue weighted by Crippen LogP contribution is 2.37. The summed E-state index contributed by atoms with van der Waals surface area (Å²) in [5.74, 6) is -0.529. The molecular formula is C27H29N3O5. The number of hydrogen-bond donors (Lipinski definition) is 2. The number of allylic oxidation sites excluding steroid dienone is 1. The number of imide groups is 1. The molecule has 8 heteroatoms. The minimum atomic E-state index is -1.09. The number of ether oxygens (including phenoxy) is 1. The quantitative estimate of drug-likeness (QED) is 0.645. The van der Waals surface area contributed by atoms with E-state index in [9.17, 15) is 19.5 Å². The van der Waals surface area contributed by atoms with Crippen molar-refractivity contribution in [2.45, 2.75) is 43.9 Å². The summed E-state index contributed by atoms with van der Waals surface area (Å²) in [6.07, 6.45) is 1.89. The highest BCUT2D eigenvalue weighted by atomic mass is 16.5. The predicted molar refractivity (Wildman–Crippen MR) is 129 cm³/mol. The molecule has 2 saturated heterocycles. The van der Waals surface area contributed by atoms with E-state index >= 15 is 0 Å². The van der Waals surface area contributed by atoms with Crippen LogP contribution in [-0.2, 0) is 16.9 Å². The Balaban J connectivity index is 1.30. The second kappa shape index (κ2) is 8.94. The van der Waals surface area contributed by atoms with Gasteiger partial charge in [-0.2, -0.15) is 0 Å². The zero-order valence-electron chi connectivity index (χ0n) is 19.8. The minimum absolute atomic E-state index is 0.247. The fraction of sp³-hybridized carbons (Fsp3) is 0.370. The van der Waals surface area contributed by atoms with E-state index in [0.29, 0.717) is 50.0 Å². The van der Waals surface area contributed by atoms with E-state index in [1.165, 1.54) is 0 Å². The Bertz CT molecular complexity index is 1220. The average Bonchev–Trinajstić information content (AvgIpc) is 3.10. The van der Waals surface area contributed by atoms with Crippen molar-refractivity contribution < 1.29 is 24.2 Å². The first-order valence-corrected chi connectivity index (χ1v) is 11.9. The zero-order valence-corrected chi connectivity index (χ0v) is 19.8. The van der Waals surface area contributed by atoms with Crippen LogP contribution in [-0.4, -0.2) is 58.9 Å². The van der Waals surface area contributed by atoms with Crippen molar-refractivity contribution >= 4 is 17.7 Å². The lowest BCUT2D eigenvalue weighted by Crippen LogP contribution is -2.51. The first-order valence-electron chi connectivity index (χ1n) is 11.9. The smallest absolute Gasteiger partial charge is 0.262 e. The van der Waals surface area contributed by atoms with Gasteiger partial charge < -0.3 is 15.2 Å². The van der Waals surface area contributed by atoms with Crippen LogP contribution in [0.3, 0.4) is 0 Å². The number of nitrogens with one attached hydrogen (secondary N) is 1. The molecule has 35 heavy (non-hydrogen) atoms. The molecule has 2 N–H and O–H groups in total. The summed E-state index contributed by atoms with van der Waals surface area (Å²) in [5, 5.41) is 14.1. The molecule has 1 atom stereocenters. The molecular weight excluding hydrogens is 446 g/mol. The summed E-state index contributed by atoms with van der Waals surface area (Å²) in [7, 11) is 1.65. The second-order valence-electron chi connectivity index (χ2n) is 9.55. The molecule has 0 spiro atoms. The third-order valence-electron chi connectivity index (χ3n) is 7.31. The molecule has 3 aliphatic rings. The third-order valence-corrected chi connectivity index (χ3v) is 7.31. The average molecular weight is 476 g/mol. The van der Waals surface area contributed by atoms with Gasteiger partial charge in [-0.3, -0.25) is 24.2 Å². The van der Waals surface area contributed by atoms with Gasteiger partial charge in [-0.05, 0) is 61.1 Å². The van der Waals surface area contributed by atoms with E-state index in [-0.39, 0.29) is 11.1 Å². The summed E-state index contributed by atoms with van der Waals surface area (Å²) in [6, 6.07) is 12.1. The molecule has 1 unspecified atom stereocenters. The number of carbonyl (C=O) groups excluding carboxylic acids is 3. The van der Waals surface area contributed by atoms with E-state index in [1.54, 1.807) is 25.3 Å². The number of amides is 3. The first kappa shape index (κ1) is 23.3. The number of piperidine rings is 2. The summed E-state index contributed by atoms with van der Waals surface area (Å²) >= 11 is 0. The van der Waals surface area contributed by atoms with Crippen LogP contribution < -0.4 is 10.1 Å². The molecule has 0 bridgehead atoms. The van der Waals surface area contributed by atoms with E-state index in [0.717, 1.165) is 22.8 Å². The highest BCUT2D eigenvalue weighted by Gasteiger charge is 2.45. The molecule has 5 rings (SSSR count). The van der Waals surface area contributed by atoms with Crippen molar-refractivity contribution in [1.82, 2.24) is 15.1 Å². The van der Waals surface area contributed by atoms with Crippen molar-refractivity contribution in [2.24, 2.45) is 0 Å². The van der Waals surface area contributed by atoms with Gasteiger partial charge >= 0.3 is 0 Å². The van der Waals surface area contributed by atoms with Gasteiger partial charge in [0, 0.05) is 25.3 Å². The second-order valence-corrected chi connectivity index (χ2v) is 9.55. The van der Waals surface area contributed by atoms with Gasteiger partial charge in [0.25, 0.3) is 11.8 Å². The maximum Gasteiger partial charge on any atom is 0.262 e. The number of aliphatic hydroxyl groups is 1. The van der Waals surface area contributed by atoms with Crippen LogP contribution in [0.1, 0.15) is 57.5 Å². The van der Waals surface area contributed by atoms with Gasteiger partial charge in [0.1, 0.15) is 11.8 Å². The molecule has 0 saturated carbocycles. The number of likely N-dealkylation sites (tertiary alicyclic amines) is 1. The Morgan fingerprint density at radius 2 is 1.83 bits per heavy atom. The molecule has 182 valence electrons.